The summed E-state index contributed by atoms with van der Waals surface area (Å²) in [5.74, 6) is 0.739. The lowest BCUT2D eigenvalue weighted by molar-refractivity contribution is -0.926. The van der Waals surface area contributed by atoms with Crippen molar-refractivity contribution in [3.05, 3.63) is 0 Å². The number of hydrogen-bond donors (Lipinski definition) is 0. The van der Waals surface area contributed by atoms with E-state index in [1.54, 1.807) is 0 Å². The van der Waals surface area contributed by atoms with E-state index in [4.69, 9.17) is 0 Å². The minimum atomic E-state index is -2.92. The van der Waals surface area contributed by atoms with Gasteiger partial charge in [-0.05, 0) is 49.3 Å². The Hall–Kier alpha value is 0.260. The van der Waals surface area contributed by atoms with Gasteiger partial charge in [0.05, 0.1) is 31.9 Å². The van der Waals surface area contributed by atoms with E-state index in [1.165, 1.54) is 83.7 Å². The van der Waals surface area contributed by atoms with Crippen LogP contribution in [0.15, 0.2) is 0 Å². The van der Waals surface area contributed by atoms with Crippen LogP contribution in [0.3, 0.4) is 0 Å². The third-order valence-corrected chi connectivity index (χ3v) is 7.13. The first kappa shape index (κ1) is 23.3. The molecule has 0 radical (unpaired) electrons. The molecule has 0 rings (SSSR count). The van der Waals surface area contributed by atoms with E-state index in [9.17, 15) is 8.42 Å². The maximum absolute atomic E-state index is 11.5. The van der Waals surface area contributed by atoms with Gasteiger partial charge in [0, 0.05) is 6.26 Å². The minimum Gasteiger partial charge on any atom is -0.323 e. The average Bonchev–Trinajstić information content (AvgIpc) is 2.47. The fourth-order valence-electron chi connectivity index (χ4n) is 3.14. The maximum Gasteiger partial charge on any atom is 0.198 e. The van der Waals surface area contributed by atoms with Crippen LogP contribution in [0, 0.1) is 0 Å². The third kappa shape index (κ3) is 13.2. The lowest BCUT2D eigenvalue weighted by Crippen LogP contribution is -2.51. The SMILES string of the molecule is CCCCC[N+](CCCCC)(CCCCC)CCSS(C)(=O)=O. The number of nitrogens with zero attached hydrogens (tertiary/aromatic N) is 1. The minimum absolute atomic E-state index is 0.739. The smallest absolute Gasteiger partial charge is 0.198 e. The molecular formula is C18H40NO2S2+. The highest BCUT2D eigenvalue weighted by molar-refractivity contribution is 8.71. The first-order valence-electron chi connectivity index (χ1n) is 9.58. The lowest BCUT2D eigenvalue weighted by Gasteiger charge is -2.39. The molecular weight excluding hydrogens is 326 g/mol. The zero-order valence-electron chi connectivity index (χ0n) is 16.0. The molecule has 0 aromatic carbocycles. The van der Waals surface area contributed by atoms with E-state index in [0.29, 0.717) is 0 Å². The Morgan fingerprint density at radius 3 is 1.39 bits per heavy atom. The molecule has 140 valence electrons. The van der Waals surface area contributed by atoms with Crippen molar-refractivity contribution in [2.45, 2.75) is 78.6 Å². The Morgan fingerprint density at radius 2 is 1.09 bits per heavy atom. The van der Waals surface area contributed by atoms with Crippen molar-refractivity contribution in [3.8, 4) is 0 Å². The summed E-state index contributed by atoms with van der Waals surface area (Å²) in [5.41, 5.74) is 0. The highest BCUT2D eigenvalue weighted by atomic mass is 33.1. The van der Waals surface area contributed by atoms with Gasteiger partial charge < -0.3 is 4.48 Å². The molecule has 0 aromatic heterocycles. The van der Waals surface area contributed by atoms with Crippen LogP contribution in [-0.2, 0) is 8.87 Å². The van der Waals surface area contributed by atoms with Crippen LogP contribution in [0.1, 0.15) is 78.6 Å². The summed E-state index contributed by atoms with van der Waals surface area (Å²) in [4.78, 5) is 0. The second kappa shape index (κ2) is 13.5. The van der Waals surface area contributed by atoms with Gasteiger partial charge in [0.15, 0.2) is 8.87 Å². The summed E-state index contributed by atoms with van der Waals surface area (Å²) in [6.45, 7) is 11.4. The molecule has 0 spiro atoms. The van der Waals surface area contributed by atoms with Gasteiger partial charge in [-0.15, -0.1) is 0 Å². The molecule has 0 N–H and O–H groups in total. The van der Waals surface area contributed by atoms with E-state index >= 15 is 0 Å². The zero-order chi connectivity index (χ0) is 17.6. The standard InChI is InChI=1S/C18H40NO2S2/c1-5-8-11-14-19(15-12-9-6-2,16-13-10-7-3)17-18-22-23(4,20)21/h5-18H2,1-4H3/q+1. The van der Waals surface area contributed by atoms with Crippen molar-refractivity contribution in [2.75, 3.05) is 38.2 Å². The molecule has 0 aliphatic carbocycles. The molecule has 0 bridgehead atoms. The Bertz CT molecular complexity index is 343. The van der Waals surface area contributed by atoms with Gasteiger partial charge in [0.25, 0.3) is 0 Å². The number of quaternary nitrogens is 1. The van der Waals surface area contributed by atoms with Gasteiger partial charge in [-0.2, -0.15) is 0 Å². The summed E-state index contributed by atoms with van der Waals surface area (Å²) in [7, 11) is -1.78. The Morgan fingerprint density at radius 1 is 0.696 bits per heavy atom. The quantitative estimate of drug-likeness (QED) is 0.217. The molecule has 3 nitrogen and oxygen atoms in total. The van der Waals surface area contributed by atoms with Crippen molar-refractivity contribution in [1.82, 2.24) is 0 Å². The molecule has 5 heteroatoms. The first-order valence-corrected chi connectivity index (χ1v) is 13.0. The third-order valence-electron chi connectivity index (χ3n) is 4.57. The summed E-state index contributed by atoms with van der Waals surface area (Å²) in [5, 5.41) is 0. The van der Waals surface area contributed by atoms with E-state index < -0.39 is 8.87 Å². The predicted octanol–water partition coefficient (Wildman–Crippen LogP) is 5.07. The fraction of sp³-hybridized carbons (Fsp3) is 1.00. The van der Waals surface area contributed by atoms with Crippen LogP contribution < -0.4 is 0 Å². The number of unbranched alkanes of at least 4 members (excludes halogenated alkanes) is 6. The summed E-state index contributed by atoms with van der Waals surface area (Å²) in [6.07, 6.45) is 12.8. The van der Waals surface area contributed by atoms with Gasteiger partial charge >= 0.3 is 0 Å². The van der Waals surface area contributed by atoms with Crippen molar-refractivity contribution in [2.24, 2.45) is 0 Å². The van der Waals surface area contributed by atoms with Crippen molar-refractivity contribution in [1.29, 1.82) is 0 Å². The van der Waals surface area contributed by atoms with Gasteiger partial charge in [0.1, 0.15) is 0 Å². The molecule has 0 atom stereocenters. The van der Waals surface area contributed by atoms with Crippen molar-refractivity contribution < 1.29 is 12.9 Å². The van der Waals surface area contributed by atoms with E-state index in [-0.39, 0.29) is 0 Å². The maximum atomic E-state index is 11.5. The molecule has 0 heterocycles. The molecule has 0 aromatic rings. The summed E-state index contributed by atoms with van der Waals surface area (Å²) >= 11 is 0. The molecule has 0 saturated heterocycles. The van der Waals surface area contributed by atoms with Gasteiger partial charge in [-0.25, -0.2) is 8.42 Å². The van der Waals surface area contributed by atoms with Crippen LogP contribution in [0.5, 0.6) is 0 Å². The van der Waals surface area contributed by atoms with Crippen LogP contribution in [0.25, 0.3) is 0 Å². The monoisotopic (exact) mass is 366 g/mol. The normalized spacial score (nSPS) is 12.7. The van der Waals surface area contributed by atoms with Crippen LogP contribution in [-0.4, -0.2) is 51.1 Å². The molecule has 23 heavy (non-hydrogen) atoms. The zero-order valence-corrected chi connectivity index (χ0v) is 17.6. The summed E-state index contributed by atoms with van der Waals surface area (Å²) < 4.78 is 24.0. The van der Waals surface area contributed by atoms with Gasteiger partial charge in [-0.1, -0.05) is 40.0 Å². The second-order valence-electron chi connectivity index (χ2n) is 6.88. The van der Waals surface area contributed by atoms with E-state index in [0.717, 1.165) is 27.6 Å². The van der Waals surface area contributed by atoms with E-state index in [2.05, 4.69) is 20.8 Å². The Labute approximate surface area is 149 Å². The number of rotatable bonds is 16. The largest absolute Gasteiger partial charge is 0.323 e. The van der Waals surface area contributed by atoms with Crippen molar-refractivity contribution in [3.63, 3.8) is 0 Å². The highest BCUT2D eigenvalue weighted by Crippen LogP contribution is 2.19. The molecule has 0 amide bonds. The summed E-state index contributed by atoms with van der Waals surface area (Å²) in [6, 6.07) is 0. The predicted molar refractivity (Wildman–Crippen MR) is 106 cm³/mol. The highest BCUT2D eigenvalue weighted by Gasteiger charge is 2.26. The Balaban J connectivity index is 4.77. The van der Waals surface area contributed by atoms with Gasteiger partial charge in [0.2, 0.25) is 0 Å². The molecule has 0 aliphatic rings. The molecule has 0 saturated carbocycles. The second-order valence-corrected chi connectivity index (χ2v) is 11.5. The topological polar surface area (TPSA) is 34.1 Å². The van der Waals surface area contributed by atoms with Crippen LogP contribution >= 0.6 is 10.8 Å². The lowest BCUT2D eigenvalue weighted by atomic mass is 10.1. The van der Waals surface area contributed by atoms with Crippen LogP contribution in [0.2, 0.25) is 0 Å². The number of hydrogen-bond acceptors (Lipinski definition) is 3. The van der Waals surface area contributed by atoms with Crippen LogP contribution in [0.4, 0.5) is 0 Å². The fourth-order valence-corrected chi connectivity index (χ4v) is 5.04. The molecule has 0 fully saturated rings. The Kier molecular flexibility index (Phi) is 13.7. The van der Waals surface area contributed by atoms with Gasteiger partial charge in [-0.3, -0.25) is 0 Å². The van der Waals surface area contributed by atoms with Crippen molar-refractivity contribution >= 4 is 19.7 Å². The average molecular weight is 367 g/mol. The molecule has 0 aliphatic heterocycles. The first-order chi connectivity index (χ1) is 10.9. The van der Waals surface area contributed by atoms with E-state index in [1.807, 2.05) is 0 Å². The molecule has 0 unspecified atom stereocenters.